The van der Waals surface area contributed by atoms with Crippen LogP contribution in [-0.4, -0.2) is 17.1 Å². The van der Waals surface area contributed by atoms with Crippen molar-refractivity contribution in [1.29, 1.82) is 0 Å². The summed E-state index contributed by atoms with van der Waals surface area (Å²) in [7, 11) is 0. The third-order valence-corrected chi connectivity index (χ3v) is 7.02. The van der Waals surface area contributed by atoms with Crippen molar-refractivity contribution in [3.63, 3.8) is 0 Å². The van der Waals surface area contributed by atoms with Crippen LogP contribution in [0.1, 0.15) is 31.4 Å². The Hall–Kier alpha value is -4.05. The Labute approximate surface area is 241 Å². The zero-order valence-corrected chi connectivity index (χ0v) is 23.6. The van der Waals surface area contributed by atoms with E-state index in [4.69, 9.17) is 10.5 Å². The van der Waals surface area contributed by atoms with Crippen molar-refractivity contribution in [1.82, 2.24) is 0 Å². The maximum absolute atomic E-state index is 13.1. The van der Waals surface area contributed by atoms with Crippen LogP contribution in [0.2, 0.25) is 0 Å². The molecule has 200 valence electrons. The second-order valence-electron chi connectivity index (χ2n) is 9.21. The summed E-state index contributed by atoms with van der Waals surface area (Å²) >= 11 is 2.16. The van der Waals surface area contributed by atoms with E-state index < -0.39 is 12.2 Å². The number of anilines is 3. The SMILES string of the molecule is CC(CC/C=C/C(=O)Nc1ccccc1N)C(OC(=O)Nc1cccc2ccccc12)c1cc(I)ccc1O. The van der Waals surface area contributed by atoms with Crippen LogP contribution in [0, 0.1) is 9.49 Å². The number of nitrogens with one attached hydrogen (secondary N) is 2. The van der Waals surface area contributed by atoms with E-state index in [2.05, 4.69) is 33.2 Å². The number of phenolic OH excluding ortho intramolecular Hbond substituents is 1. The summed E-state index contributed by atoms with van der Waals surface area (Å²) in [4.78, 5) is 25.4. The van der Waals surface area contributed by atoms with Crippen LogP contribution in [0.3, 0.4) is 0 Å². The Kier molecular flexibility index (Phi) is 9.43. The van der Waals surface area contributed by atoms with Crippen LogP contribution >= 0.6 is 22.6 Å². The molecule has 4 rings (SSSR count). The first-order valence-corrected chi connectivity index (χ1v) is 13.7. The topological polar surface area (TPSA) is 114 Å². The van der Waals surface area contributed by atoms with Gasteiger partial charge in [0.25, 0.3) is 0 Å². The highest BCUT2D eigenvalue weighted by Crippen LogP contribution is 2.36. The lowest BCUT2D eigenvalue weighted by molar-refractivity contribution is -0.111. The largest absolute Gasteiger partial charge is 0.508 e. The summed E-state index contributed by atoms with van der Waals surface area (Å²) in [6.45, 7) is 1.95. The number of para-hydroxylation sites is 2. The Bertz CT molecular complexity index is 1500. The number of rotatable bonds is 9. The van der Waals surface area contributed by atoms with Gasteiger partial charge in [-0.05, 0) is 89.2 Å². The second-order valence-corrected chi connectivity index (χ2v) is 10.5. The van der Waals surface area contributed by atoms with E-state index in [1.807, 2.05) is 55.5 Å². The Morgan fingerprint density at radius 2 is 1.69 bits per heavy atom. The molecule has 7 nitrogen and oxygen atoms in total. The molecule has 0 radical (unpaired) electrons. The molecule has 4 aromatic rings. The number of carbonyl (C=O) groups is 2. The molecule has 2 atom stereocenters. The summed E-state index contributed by atoms with van der Waals surface area (Å²) in [5.74, 6) is -0.386. The van der Waals surface area contributed by atoms with Crippen LogP contribution < -0.4 is 16.4 Å². The quantitative estimate of drug-likeness (QED) is 0.0858. The molecule has 0 aliphatic rings. The zero-order chi connectivity index (χ0) is 27.8. The van der Waals surface area contributed by atoms with E-state index in [-0.39, 0.29) is 17.6 Å². The molecular formula is C31H30IN3O4. The molecule has 5 N–H and O–H groups in total. The molecule has 0 aliphatic heterocycles. The highest BCUT2D eigenvalue weighted by molar-refractivity contribution is 14.1. The Morgan fingerprint density at radius 1 is 0.974 bits per heavy atom. The van der Waals surface area contributed by atoms with Crippen LogP contribution in [0.5, 0.6) is 5.75 Å². The van der Waals surface area contributed by atoms with Gasteiger partial charge in [-0.25, -0.2) is 4.79 Å². The van der Waals surface area contributed by atoms with Gasteiger partial charge in [0.15, 0.2) is 0 Å². The predicted molar refractivity (Wildman–Crippen MR) is 165 cm³/mol. The fourth-order valence-corrected chi connectivity index (χ4v) is 4.83. The highest BCUT2D eigenvalue weighted by atomic mass is 127. The molecule has 0 saturated carbocycles. The Morgan fingerprint density at radius 3 is 2.51 bits per heavy atom. The van der Waals surface area contributed by atoms with Gasteiger partial charge >= 0.3 is 6.09 Å². The molecule has 0 aromatic heterocycles. The zero-order valence-electron chi connectivity index (χ0n) is 21.4. The third kappa shape index (κ3) is 7.51. The van der Waals surface area contributed by atoms with Gasteiger partial charge in [0.1, 0.15) is 11.9 Å². The number of carbonyl (C=O) groups excluding carboxylic acids is 2. The first-order chi connectivity index (χ1) is 18.8. The number of halogens is 1. The molecule has 39 heavy (non-hydrogen) atoms. The van der Waals surface area contributed by atoms with E-state index in [0.29, 0.717) is 35.5 Å². The van der Waals surface area contributed by atoms with Gasteiger partial charge in [0, 0.05) is 14.5 Å². The van der Waals surface area contributed by atoms with E-state index in [0.717, 1.165) is 14.3 Å². The summed E-state index contributed by atoms with van der Waals surface area (Å²) in [5.41, 5.74) is 8.11. The standard InChI is InChI=1S/C31H30IN3O4/c1-20(9-2-7-16-29(37)34-27-14-6-5-13-25(27)33)30(24-19-22(32)17-18-28(24)36)39-31(38)35-26-15-8-11-21-10-3-4-12-23(21)26/h3-8,10-20,30,36H,2,9,33H2,1H3,(H,34,37)(H,35,38)/b16-7+. The lowest BCUT2D eigenvalue weighted by Crippen LogP contribution is -2.22. The summed E-state index contributed by atoms with van der Waals surface area (Å²) in [6, 6.07) is 25.7. The molecule has 0 heterocycles. The van der Waals surface area contributed by atoms with Gasteiger partial charge < -0.3 is 20.9 Å². The lowest BCUT2D eigenvalue weighted by Gasteiger charge is -2.25. The van der Waals surface area contributed by atoms with Gasteiger partial charge in [-0.2, -0.15) is 0 Å². The van der Waals surface area contributed by atoms with Crippen molar-refractivity contribution >= 4 is 62.4 Å². The van der Waals surface area contributed by atoms with Crippen molar-refractivity contribution in [2.75, 3.05) is 16.4 Å². The van der Waals surface area contributed by atoms with Crippen LogP contribution in [0.15, 0.2) is 97.1 Å². The molecule has 8 heteroatoms. The summed E-state index contributed by atoms with van der Waals surface area (Å²) < 4.78 is 6.84. The molecule has 2 unspecified atom stereocenters. The van der Waals surface area contributed by atoms with E-state index in [1.54, 1.807) is 42.5 Å². The van der Waals surface area contributed by atoms with Crippen LogP contribution in [0.25, 0.3) is 10.8 Å². The third-order valence-electron chi connectivity index (χ3n) is 6.35. The number of hydrogen-bond donors (Lipinski definition) is 4. The first-order valence-electron chi connectivity index (χ1n) is 12.6. The fourth-order valence-electron chi connectivity index (χ4n) is 4.31. The van der Waals surface area contributed by atoms with Crippen molar-refractivity contribution < 1.29 is 19.4 Å². The van der Waals surface area contributed by atoms with E-state index >= 15 is 0 Å². The number of fused-ring (bicyclic) bond motifs is 1. The Balaban J connectivity index is 1.44. The molecule has 0 bridgehead atoms. The monoisotopic (exact) mass is 635 g/mol. The first kappa shape index (κ1) is 28.0. The van der Waals surface area contributed by atoms with Crippen LogP contribution in [0.4, 0.5) is 21.9 Å². The van der Waals surface area contributed by atoms with Crippen molar-refractivity contribution in [2.24, 2.45) is 5.92 Å². The minimum absolute atomic E-state index is 0.0561. The van der Waals surface area contributed by atoms with Gasteiger partial charge in [0.05, 0.1) is 17.1 Å². The van der Waals surface area contributed by atoms with Crippen molar-refractivity contribution in [3.05, 3.63) is 106 Å². The van der Waals surface area contributed by atoms with Crippen LogP contribution in [-0.2, 0) is 9.53 Å². The number of benzene rings is 4. The minimum atomic E-state index is -0.707. The average molecular weight is 636 g/mol. The van der Waals surface area contributed by atoms with Gasteiger partial charge in [0.2, 0.25) is 5.91 Å². The van der Waals surface area contributed by atoms with Gasteiger partial charge in [-0.15, -0.1) is 0 Å². The minimum Gasteiger partial charge on any atom is -0.508 e. The summed E-state index contributed by atoms with van der Waals surface area (Å²) in [6.07, 6.45) is 3.08. The average Bonchev–Trinajstić information content (AvgIpc) is 2.92. The fraction of sp³-hybridized carbons (Fsp3) is 0.161. The van der Waals surface area contributed by atoms with Gasteiger partial charge in [-0.3, -0.25) is 10.1 Å². The number of hydrogen-bond acceptors (Lipinski definition) is 5. The second kappa shape index (κ2) is 13.1. The highest BCUT2D eigenvalue weighted by Gasteiger charge is 2.26. The van der Waals surface area contributed by atoms with Crippen molar-refractivity contribution in [2.45, 2.75) is 25.9 Å². The number of ether oxygens (including phenoxy) is 1. The summed E-state index contributed by atoms with van der Waals surface area (Å²) in [5, 5.41) is 18.1. The normalized spacial score (nSPS) is 12.7. The van der Waals surface area contributed by atoms with Gasteiger partial charge in [-0.1, -0.05) is 61.5 Å². The number of nitrogens with two attached hydrogens (primary N) is 1. The number of aromatic hydroxyl groups is 1. The molecule has 0 spiro atoms. The number of allylic oxidation sites excluding steroid dienone is 1. The molecular weight excluding hydrogens is 605 g/mol. The van der Waals surface area contributed by atoms with Crippen molar-refractivity contribution in [3.8, 4) is 5.75 Å². The molecule has 4 aromatic carbocycles. The van der Waals surface area contributed by atoms with E-state index in [1.165, 1.54) is 6.08 Å². The molecule has 0 saturated heterocycles. The maximum atomic E-state index is 13.1. The number of nitrogen functional groups attached to an aromatic ring is 1. The molecule has 2 amide bonds. The smallest absolute Gasteiger partial charge is 0.412 e. The molecule has 0 fully saturated rings. The maximum Gasteiger partial charge on any atom is 0.412 e. The number of amides is 2. The van der Waals surface area contributed by atoms with E-state index in [9.17, 15) is 14.7 Å². The number of phenols is 1. The predicted octanol–water partition coefficient (Wildman–Crippen LogP) is 7.63. The molecule has 0 aliphatic carbocycles. The lowest BCUT2D eigenvalue weighted by atomic mass is 9.92.